The van der Waals surface area contributed by atoms with Gasteiger partial charge in [0, 0.05) is 25.0 Å². The number of hydrogen-bond donors (Lipinski definition) is 0. The first-order valence-electron chi connectivity index (χ1n) is 9.59. The molecule has 0 aromatic heterocycles. The third kappa shape index (κ3) is 5.62. The Morgan fingerprint density at radius 1 is 1.50 bits per heavy atom. The van der Waals surface area contributed by atoms with Crippen molar-refractivity contribution < 1.29 is 32.7 Å². The van der Waals surface area contributed by atoms with E-state index in [0.717, 1.165) is 19.0 Å². The van der Waals surface area contributed by atoms with E-state index in [0.29, 0.717) is 18.4 Å². The number of esters is 2. The van der Waals surface area contributed by atoms with Gasteiger partial charge in [-0.3, -0.25) is 4.79 Å². The molecule has 9 heteroatoms. The van der Waals surface area contributed by atoms with E-state index in [-0.39, 0.29) is 19.1 Å². The zero-order chi connectivity index (χ0) is 22.1. The first-order chi connectivity index (χ1) is 13.7. The Morgan fingerprint density at radius 3 is 2.75 bits per heavy atom. The lowest BCUT2D eigenvalue weighted by atomic mass is 9.75. The Labute approximate surface area is 174 Å². The predicted molar refractivity (Wildman–Crippen MR) is 109 cm³/mol. The Balaban J connectivity index is 3.51. The van der Waals surface area contributed by atoms with Crippen molar-refractivity contribution in [1.29, 1.82) is 1.34 Å². The van der Waals surface area contributed by atoms with Crippen LogP contribution in [0.25, 0.3) is 0 Å². The van der Waals surface area contributed by atoms with Crippen molar-refractivity contribution in [3.05, 3.63) is 24.3 Å². The summed E-state index contributed by atoms with van der Waals surface area (Å²) in [4.78, 5) is 24.2. The summed E-state index contributed by atoms with van der Waals surface area (Å²) in [5.74, 6) is -2.45. The highest BCUT2D eigenvalue weighted by Gasteiger charge is 2.59. The van der Waals surface area contributed by atoms with Gasteiger partial charge >= 0.3 is 11.9 Å². The molecule has 0 saturated carbocycles. The number of hydrogen-bond acceptors (Lipinski definition) is 8. The molecular weight excluding hydrogens is 383 g/mol. The molecule has 0 aliphatic carbocycles. The molecule has 1 rings (SSSR count). The van der Waals surface area contributed by atoms with Crippen LogP contribution in [0.2, 0.25) is 0 Å². The Kier molecular flexibility index (Phi) is 9.07. The summed E-state index contributed by atoms with van der Waals surface area (Å²) in [5, 5.41) is 0. The monoisotopic (exact) mass is 415 g/mol. The standard InChI is InChI=1S/C19H30BO7S/c1-7-9-14-10-13(11-16(22)23-5)17(26-15(21)8-2)19(24-6,27-14)18(3,4)12-25-28-20/h7,11,14,17,20H,1,8-10,12H2,2-6H3/b13-11+/t14?,17-,19+/m0/s1/i20T. The lowest BCUT2D eigenvalue weighted by molar-refractivity contribution is -0.347. The van der Waals surface area contributed by atoms with E-state index >= 15 is 0 Å². The first-order valence-corrected chi connectivity index (χ1v) is 9.81. The average Bonchev–Trinajstić information content (AvgIpc) is 2.69. The fourth-order valence-electron chi connectivity index (χ4n) is 3.22. The summed E-state index contributed by atoms with van der Waals surface area (Å²) >= 11 is 0.872. The third-order valence-corrected chi connectivity index (χ3v) is 4.95. The Morgan fingerprint density at radius 2 is 2.21 bits per heavy atom. The normalized spacial score (nSPS) is 27.0. The van der Waals surface area contributed by atoms with Gasteiger partial charge in [0.05, 0.1) is 19.8 Å². The minimum Gasteiger partial charge on any atom is -0.466 e. The topological polar surface area (TPSA) is 80.3 Å². The Hall–Kier alpha value is -1.29. The zero-order valence-corrected chi connectivity index (χ0v) is 18.0. The maximum absolute atomic E-state index is 12.2. The second kappa shape index (κ2) is 11.0. The highest BCUT2D eigenvalue weighted by Crippen LogP contribution is 2.48. The molecule has 0 bridgehead atoms. The van der Waals surface area contributed by atoms with Crippen LogP contribution in [0.5, 0.6) is 0 Å². The molecule has 1 saturated heterocycles. The summed E-state index contributed by atoms with van der Waals surface area (Å²) < 4.78 is 35.4. The van der Waals surface area contributed by atoms with E-state index in [1.54, 1.807) is 13.0 Å². The number of carbonyl (C=O) groups excluding carboxylic acids is 2. The molecule has 3 atom stereocenters. The molecule has 0 aromatic carbocycles. The van der Waals surface area contributed by atoms with Gasteiger partial charge in [-0.15, -0.1) is 6.58 Å². The fourth-order valence-corrected chi connectivity index (χ4v) is 3.59. The fraction of sp³-hybridized carbons (Fsp3) is 0.684. The molecular formula is C19H30BO7S. The van der Waals surface area contributed by atoms with E-state index < -0.39 is 29.2 Å². The smallest absolute Gasteiger partial charge is 0.330 e. The minimum absolute atomic E-state index is 0.132. The SMILES string of the molecule is [3H][B]SOCC(C)(C)[C@]1(OC)OC(CC=C)C/C(=C\C(=O)OC)[C@@H]1OC(=O)CC. The second-order valence-electron chi connectivity index (χ2n) is 7.05. The van der Waals surface area contributed by atoms with Gasteiger partial charge in [0.25, 0.3) is 0 Å². The Bertz CT molecular complexity index is 613. The number of carbonyl (C=O) groups is 2. The molecule has 157 valence electrons. The number of ether oxygens (including phenoxy) is 4. The summed E-state index contributed by atoms with van der Waals surface area (Å²) in [6.07, 6.45) is 2.71. The quantitative estimate of drug-likeness (QED) is 0.127. The van der Waals surface area contributed by atoms with Gasteiger partial charge in [0.2, 0.25) is 12.9 Å². The van der Waals surface area contributed by atoms with Crippen molar-refractivity contribution >= 4 is 30.9 Å². The molecule has 1 unspecified atom stereocenters. The molecule has 28 heavy (non-hydrogen) atoms. The van der Waals surface area contributed by atoms with Crippen molar-refractivity contribution in [2.75, 3.05) is 20.8 Å². The molecule has 1 aliphatic heterocycles. The first kappa shape index (κ1) is 23.0. The molecule has 0 amide bonds. The maximum atomic E-state index is 12.2. The van der Waals surface area contributed by atoms with Gasteiger partial charge in [0.1, 0.15) is 0 Å². The van der Waals surface area contributed by atoms with Gasteiger partial charge < -0.3 is 23.1 Å². The van der Waals surface area contributed by atoms with Crippen LogP contribution in [0, 0.1) is 5.41 Å². The zero-order valence-electron chi connectivity index (χ0n) is 18.2. The van der Waals surface area contributed by atoms with Crippen LogP contribution in [0.1, 0.15) is 40.0 Å². The highest BCUT2D eigenvalue weighted by atomic mass is 32.2. The number of rotatable bonds is 11. The molecule has 1 fully saturated rings. The molecule has 1 aliphatic rings. The van der Waals surface area contributed by atoms with Crippen LogP contribution in [0.15, 0.2) is 24.3 Å². The van der Waals surface area contributed by atoms with E-state index in [1.807, 2.05) is 13.8 Å². The van der Waals surface area contributed by atoms with Crippen LogP contribution in [-0.4, -0.2) is 59.2 Å². The van der Waals surface area contributed by atoms with Crippen molar-refractivity contribution in [3.63, 3.8) is 0 Å². The highest BCUT2D eigenvalue weighted by molar-refractivity contribution is 8.15. The molecule has 1 heterocycles. The van der Waals surface area contributed by atoms with Gasteiger partial charge in [-0.05, 0) is 19.8 Å². The summed E-state index contributed by atoms with van der Waals surface area (Å²) in [6.45, 7) is 9.27. The van der Waals surface area contributed by atoms with E-state index in [4.69, 9.17) is 24.5 Å². The molecule has 7 nitrogen and oxygen atoms in total. The summed E-state index contributed by atoms with van der Waals surface area (Å²) in [5.41, 5.74) is -0.294. The molecule has 0 N–H and O–H groups in total. The predicted octanol–water partition coefficient (Wildman–Crippen LogP) is 2.62. The molecule has 0 spiro atoms. The second-order valence-corrected chi connectivity index (χ2v) is 7.48. The minimum atomic E-state index is -1.44. The van der Waals surface area contributed by atoms with Crippen molar-refractivity contribution in [2.24, 2.45) is 5.41 Å². The van der Waals surface area contributed by atoms with Crippen LogP contribution in [0.3, 0.4) is 0 Å². The average molecular weight is 415 g/mol. The lowest BCUT2D eigenvalue weighted by Crippen LogP contribution is -2.64. The van der Waals surface area contributed by atoms with Crippen LogP contribution in [0.4, 0.5) is 0 Å². The summed E-state index contributed by atoms with van der Waals surface area (Å²) in [6, 6.07) is 0. The van der Waals surface area contributed by atoms with Crippen molar-refractivity contribution in [1.82, 2.24) is 0 Å². The lowest BCUT2D eigenvalue weighted by Gasteiger charge is -2.53. The number of methoxy groups -OCH3 is 2. The van der Waals surface area contributed by atoms with E-state index in [1.165, 1.54) is 20.3 Å². The van der Waals surface area contributed by atoms with Crippen molar-refractivity contribution in [3.8, 4) is 0 Å². The van der Waals surface area contributed by atoms with Crippen LogP contribution in [-0.2, 0) is 32.7 Å². The largest absolute Gasteiger partial charge is 0.466 e. The summed E-state index contributed by atoms with van der Waals surface area (Å²) in [7, 11) is 3.81. The maximum Gasteiger partial charge on any atom is 0.330 e. The van der Waals surface area contributed by atoms with E-state index in [2.05, 4.69) is 6.58 Å². The van der Waals surface area contributed by atoms with E-state index in [9.17, 15) is 9.59 Å². The third-order valence-electron chi connectivity index (χ3n) is 4.69. The van der Waals surface area contributed by atoms with Gasteiger partial charge in [0.15, 0.2) is 6.10 Å². The van der Waals surface area contributed by atoms with Gasteiger partial charge in [-0.25, -0.2) is 4.79 Å². The van der Waals surface area contributed by atoms with Crippen LogP contribution < -0.4 is 0 Å². The molecule has 1 radical (unpaired) electrons. The van der Waals surface area contributed by atoms with Gasteiger partial charge in [-0.2, -0.15) is 0 Å². The van der Waals surface area contributed by atoms with Gasteiger partial charge in [-0.1, -0.05) is 38.7 Å². The van der Waals surface area contributed by atoms with Crippen LogP contribution >= 0.6 is 11.9 Å². The van der Waals surface area contributed by atoms with Crippen molar-refractivity contribution in [2.45, 2.75) is 58.0 Å². The molecule has 0 aromatic rings.